The summed E-state index contributed by atoms with van der Waals surface area (Å²) in [5.74, 6) is 1.47. The molecule has 0 unspecified atom stereocenters. The molecule has 8 heteroatoms. The molecule has 0 saturated heterocycles. The molecule has 1 atom stereocenters. The van der Waals surface area contributed by atoms with Crippen LogP contribution in [0.25, 0.3) is 0 Å². The Morgan fingerprint density at radius 2 is 2.10 bits per heavy atom. The Bertz CT molecular complexity index is 1090. The molecule has 0 saturated carbocycles. The summed E-state index contributed by atoms with van der Waals surface area (Å²) >= 11 is 0. The number of fused-ring (bicyclic) bond motifs is 1. The molecule has 146 valence electrons. The summed E-state index contributed by atoms with van der Waals surface area (Å²) in [7, 11) is 0. The molecular weight excluding hydrogens is 370 g/mol. The molecule has 2 aromatic carbocycles. The lowest BCUT2D eigenvalue weighted by molar-refractivity contribution is -0.117. The first-order valence-electron chi connectivity index (χ1n) is 9.26. The third-order valence-corrected chi connectivity index (χ3v) is 4.67. The van der Waals surface area contributed by atoms with Gasteiger partial charge in [-0.15, -0.1) is 0 Å². The Balaban J connectivity index is 1.61. The maximum Gasteiger partial charge on any atom is 0.229 e. The zero-order chi connectivity index (χ0) is 20.2. The van der Waals surface area contributed by atoms with E-state index in [1.807, 2.05) is 43.3 Å². The number of aromatic nitrogens is 3. The van der Waals surface area contributed by atoms with E-state index in [4.69, 9.17) is 9.47 Å². The van der Waals surface area contributed by atoms with Crippen molar-refractivity contribution in [1.29, 1.82) is 5.26 Å². The molecule has 1 amide bonds. The van der Waals surface area contributed by atoms with Gasteiger partial charge in [0, 0.05) is 5.56 Å². The molecule has 0 spiro atoms. The molecule has 8 nitrogen and oxygen atoms in total. The number of hydrogen-bond acceptors (Lipinski definition) is 6. The highest BCUT2D eigenvalue weighted by molar-refractivity contribution is 5.91. The zero-order valence-electron chi connectivity index (χ0n) is 15.8. The highest BCUT2D eigenvalue weighted by atomic mass is 16.5. The van der Waals surface area contributed by atoms with Crippen LogP contribution in [0.1, 0.15) is 36.1 Å². The first-order valence-corrected chi connectivity index (χ1v) is 9.26. The van der Waals surface area contributed by atoms with Crippen molar-refractivity contribution in [1.82, 2.24) is 14.8 Å². The molecule has 0 fully saturated rings. The lowest BCUT2D eigenvalue weighted by atomic mass is 10.0. The smallest absolute Gasteiger partial charge is 0.229 e. The van der Waals surface area contributed by atoms with Crippen molar-refractivity contribution >= 4 is 11.9 Å². The molecular formula is C21H19N5O3. The topological polar surface area (TPSA) is 102 Å². The van der Waals surface area contributed by atoms with Crippen molar-refractivity contribution in [2.45, 2.75) is 26.0 Å². The van der Waals surface area contributed by atoms with Gasteiger partial charge in [-0.2, -0.15) is 15.3 Å². The Hall–Kier alpha value is -3.86. The van der Waals surface area contributed by atoms with E-state index in [0.717, 1.165) is 11.1 Å². The van der Waals surface area contributed by atoms with Gasteiger partial charge in [0.1, 0.15) is 12.9 Å². The molecule has 1 aromatic heterocycles. The number of carbonyl (C=O) groups is 1. The molecule has 29 heavy (non-hydrogen) atoms. The summed E-state index contributed by atoms with van der Waals surface area (Å²) in [4.78, 5) is 16.1. The van der Waals surface area contributed by atoms with Gasteiger partial charge in [0.25, 0.3) is 0 Å². The van der Waals surface area contributed by atoms with E-state index in [9.17, 15) is 10.1 Å². The number of benzene rings is 2. The molecule has 0 aliphatic carbocycles. The van der Waals surface area contributed by atoms with Crippen molar-refractivity contribution in [3.8, 4) is 17.6 Å². The Morgan fingerprint density at radius 1 is 1.24 bits per heavy atom. The van der Waals surface area contributed by atoms with Gasteiger partial charge in [0.05, 0.1) is 30.7 Å². The molecule has 1 aliphatic heterocycles. The Labute approximate surface area is 167 Å². The average Bonchev–Trinajstić information content (AvgIpc) is 3.21. The Morgan fingerprint density at radius 3 is 2.93 bits per heavy atom. The number of rotatable bonds is 6. The molecule has 3 aromatic rings. The van der Waals surface area contributed by atoms with E-state index in [0.29, 0.717) is 29.6 Å². The summed E-state index contributed by atoms with van der Waals surface area (Å²) in [5, 5.41) is 16.2. The minimum absolute atomic E-state index is 0.109. The van der Waals surface area contributed by atoms with Crippen LogP contribution in [-0.4, -0.2) is 27.3 Å². The fraction of sp³-hybridized carbons (Fsp3) is 0.238. The number of ether oxygens (including phenoxy) is 2. The highest BCUT2D eigenvalue weighted by Crippen LogP contribution is 2.35. The van der Waals surface area contributed by atoms with Gasteiger partial charge in [0.2, 0.25) is 11.9 Å². The van der Waals surface area contributed by atoms with Crippen molar-refractivity contribution in [3.05, 3.63) is 65.5 Å². The van der Waals surface area contributed by atoms with Crippen LogP contribution in [-0.2, 0) is 11.4 Å². The Kier molecular flexibility index (Phi) is 5.12. The van der Waals surface area contributed by atoms with Crippen LogP contribution in [0, 0.1) is 11.3 Å². The third kappa shape index (κ3) is 3.75. The van der Waals surface area contributed by atoms with Crippen LogP contribution < -0.4 is 14.8 Å². The molecule has 0 radical (unpaired) electrons. The summed E-state index contributed by atoms with van der Waals surface area (Å²) in [6, 6.07) is 14.8. The fourth-order valence-electron chi connectivity index (χ4n) is 3.29. The SMILES string of the molecule is CCOc1cc([C@H]2CC(=O)Nc3ncnn32)ccc1OCc1ccccc1C#N. The van der Waals surface area contributed by atoms with E-state index in [-0.39, 0.29) is 25.0 Å². The van der Waals surface area contributed by atoms with E-state index in [1.165, 1.54) is 6.33 Å². The van der Waals surface area contributed by atoms with Gasteiger partial charge < -0.3 is 9.47 Å². The lowest BCUT2D eigenvalue weighted by Crippen LogP contribution is -2.29. The third-order valence-electron chi connectivity index (χ3n) is 4.67. The lowest BCUT2D eigenvalue weighted by Gasteiger charge is -2.24. The zero-order valence-corrected chi connectivity index (χ0v) is 15.8. The monoisotopic (exact) mass is 389 g/mol. The number of hydrogen-bond donors (Lipinski definition) is 1. The van der Waals surface area contributed by atoms with E-state index >= 15 is 0 Å². The van der Waals surface area contributed by atoms with Gasteiger partial charge >= 0.3 is 0 Å². The van der Waals surface area contributed by atoms with Crippen LogP contribution in [0.5, 0.6) is 11.5 Å². The van der Waals surface area contributed by atoms with Gasteiger partial charge in [-0.3, -0.25) is 10.1 Å². The van der Waals surface area contributed by atoms with Crippen LogP contribution in [0.3, 0.4) is 0 Å². The minimum Gasteiger partial charge on any atom is -0.490 e. The number of nitrogens with one attached hydrogen (secondary N) is 1. The second-order valence-electron chi connectivity index (χ2n) is 6.49. The summed E-state index contributed by atoms with van der Waals surface area (Å²) < 4.78 is 13.4. The van der Waals surface area contributed by atoms with E-state index in [2.05, 4.69) is 21.5 Å². The van der Waals surface area contributed by atoms with E-state index < -0.39 is 0 Å². The highest BCUT2D eigenvalue weighted by Gasteiger charge is 2.28. The molecule has 2 heterocycles. The van der Waals surface area contributed by atoms with Crippen LogP contribution in [0.4, 0.5) is 5.95 Å². The number of nitriles is 1. The maximum atomic E-state index is 12.0. The maximum absolute atomic E-state index is 12.0. The molecule has 1 aliphatic rings. The average molecular weight is 389 g/mol. The predicted octanol–water partition coefficient (Wildman–Crippen LogP) is 3.06. The first kappa shape index (κ1) is 18.5. The van der Waals surface area contributed by atoms with Gasteiger partial charge in [0.15, 0.2) is 11.5 Å². The summed E-state index contributed by atoms with van der Waals surface area (Å²) in [6.45, 7) is 2.61. The molecule has 1 N–H and O–H groups in total. The second kappa shape index (κ2) is 8.02. The van der Waals surface area contributed by atoms with Gasteiger partial charge in [-0.1, -0.05) is 24.3 Å². The van der Waals surface area contributed by atoms with Crippen molar-refractivity contribution in [2.75, 3.05) is 11.9 Å². The predicted molar refractivity (Wildman–Crippen MR) is 105 cm³/mol. The van der Waals surface area contributed by atoms with Crippen molar-refractivity contribution < 1.29 is 14.3 Å². The van der Waals surface area contributed by atoms with Gasteiger partial charge in [-0.05, 0) is 30.7 Å². The van der Waals surface area contributed by atoms with Crippen LogP contribution in [0.2, 0.25) is 0 Å². The van der Waals surface area contributed by atoms with E-state index in [1.54, 1.807) is 10.7 Å². The van der Waals surface area contributed by atoms with Crippen LogP contribution in [0.15, 0.2) is 48.8 Å². The molecule has 4 rings (SSSR count). The fourth-order valence-corrected chi connectivity index (χ4v) is 3.29. The summed E-state index contributed by atoms with van der Waals surface area (Å²) in [6.07, 6.45) is 1.68. The minimum atomic E-state index is -0.270. The second-order valence-corrected chi connectivity index (χ2v) is 6.49. The standard InChI is InChI=1S/C21H19N5O3/c1-2-28-19-9-14(17-10-20(27)25-21-23-13-24-26(17)21)7-8-18(19)29-12-16-6-4-3-5-15(16)11-22/h3-9,13,17H,2,10,12H2,1H3,(H,23,24,25,27)/t17-/m1/s1. The van der Waals surface area contributed by atoms with Gasteiger partial charge in [-0.25, -0.2) is 4.68 Å². The number of amides is 1. The number of nitrogens with zero attached hydrogens (tertiary/aromatic N) is 4. The quantitative estimate of drug-likeness (QED) is 0.695. The van der Waals surface area contributed by atoms with Crippen molar-refractivity contribution in [3.63, 3.8) is 0 Å². The summed E-state index contributed by atoms with van der Waals surface area (Å²) in [5.41, 5.74) is 2.26. The molecule has 0 bridgehead atoms. The largest absolute Gasteiger partial charge is 0.490 e. The normalized spacial score (nSPS) is 15.2. The number of anilines is 1. The van der Waals surface area contributed by atoms with Crippen molar-refractivity contribution in [2.24, 2.45) is 0 Å². The first-order chi connectivity index (χ1) is 14.2. The number of carbonyl (C=O) groups excluding carboxylic acids is 1. The van der Waals surface area contributed by atoms with Crippen LogP contribution >= 0.6 is 0 Å².